The number of benzene rings is 1. The third-order valence-electron chi connectivity index (χ3n) is 2.21. The van der Waals surface area contributed by atoms with E-state index < -0.39 is 0 Å². The van der Waals surface area contributed by atoms with Gasteiger partial charge in [-0.1, -0.05) is 31.8 Å². The van der Waals surface area contributed by atoms with Crippen LogP contribution in [0.4, 0.5) is 4.39 Å². The third-order valence-corrected chi connectivity index (χ3v) is 2.21. The summed E-state index contributed by atoms with van der Waals surface area (Å²) in [6.07, 6.45) is 0.355. The fourth-order valence-corrected chi connectivity index (χ4v) is 1.38. The van der Waals surface area contributed by atoms with Gasteiger partial charge in [-0.05, 0) is 23.6 Å². The van der Waals surface area contributed by atoms with Gasteiger partial charge in [0.05, 0.1) is 18.8 Å². The Balaban J connectivity index is 2.66. The molecule has 0 saturated heterocycles. The quantitative estimate of drug-likeness (QED) is 0.814. The Bertz CT molecular complexity index is 430. The summed E-state index contributed by atoms with van der Waals surface area (Å²) in [5.74, 6) is 5.57. The van der Waals surface area contributed by atoms with Crippen molar-refractivity contribution in [2.75, 3.05) is 13.2 Å². The van der Waals surface area contributed by atoms with Gasteiger partial charge in [-0.25, -0.2) is 4.39 Å². The highest BCUT2D eigenvalue weighted by Gasteiger charge is 2.02. The first kappa shape index (κ1) is 14.7. The zero-order valence-corrected chi connectivity index (χ0v) is 10.9. The van der Waals surface area contributed by atoms with Gasteiger partial charge in [0.2, 0.25) is 0 Å². The van der Waals surface area contributed by atoms with Crippen molar-refractivity contribution in [2.45, 2.75) is 26.9 Å². The first-order valence-electron chi connectivity index (χ1n) is 6.09. The molecule has 0 fully saturated rings. The predicted molar refractivity (Wildman–Crippen MR) is 69.5 cm³/mol. The summed E-state index contributed by atoms with van der Waals surface area (Å²) >= 11 is 0. The zero-order chi connectivity index (χ0) is 13.4. The fraction of sp³-hybridized carbons (Fsp3) is 0.467. The average molecular weight is 250 g/mol. The van der Waals surface area contributed by atoms with Crippen molar-refractivity contribution in [2.24, 2.45) is 5.92 Å². The van der Waals surface area contributed by atoms with Gasteiger partial charge in [-0.3, -0.25) is 0 Å². The van der Waals surface area contributed by atoms with Crippen LogP contribution in [0.5, 0.6) is 0 Å². The van der Waals surface area contributed by atoms with Gasteiger partial charge in [0.15, 0.2) is 0 Å². The van der Waals surface area contributed by atoms with E-state index in [1.54, 1.807) is 12.1 Å². The van der Waals surface area contributed by atoms with Crippen molar-refractivity contribution < 1.29 is 14.2 Å². The molecule has 1 N–H and O–H groups in total. The molecular formula is C15H19FO2. The highest BCUT2D eigenvalue weighted by Crippen LogP contribution is 2.11. The second kappa shape index (κ2) is 7.86. The zero-order valence-electron chi connectivity index (χ0n) is 10.9. The molecule has 0 amide bonds. The van der Waals surface area contributed by atoms with Crippen molar-refractivity contribution in [1.29, 1.82) is 0 Å². The van der Waals surface area contributed by atoms with Gasteiger partial charge in [-0.2, -0.15) is 0 Å². The molecule has 18 heavy (non-hydrogen) atoms. The monoisotopic (exact) mass is 250 g/mol. The standard InChI is InChI=1S/C15H19FO2/c1-12(2)10-18-11-13-6-7-15(16)14(9-13)5-3-4-8-17/h6-7,9,12,17H,4,8,10-11H2,1-2H3. The van der Waals surface area contributed by atoms with Crippen LogP contribution in [-0.4, -0.2) is 18.3 Å². The van der Waals surface area contributed by atoms with Gasteiger partial charge in [0, 0.05) is 13.0 Å². The number of aliphatic hydroxyl groups is 1. The summed E-state index contributed by atoms with van der Waals surface area (Å²) in [7, 11) is 0. The van der Waals surface area contributed by atoms with Gasteiger partial charge in [0.1, 0.15) is 5.82 Å². The first-order valence-corrected chi connectivity index (χ1v) is 6.09. The number of aliphatic hydroxyl groups excluding tert-OH is 1. The molecule has 0 atom stereocenters. The van der Waals surface area contributed by atoms with Crippen molar-refractivity contribution in [3.05, 3.63) is 35.1 Å². The first-order chi connectivity index (χ1) is 8.63. The Kier molecular flexibility index (Phi) is 6.42. The Morgan fingerprint density at radius 1 is 1.39 bits per heavy atom. The summed E-state index contributed by atoms with van der Waals surface area (Å²) in [4.78, 5) is 0. The molecule has 0 aliphatic rings. The molecule has 1 rings (SSSR count). The van der Waals surface area contributed by atoms with Crippen LogP contribution in [0.25, 0.3) is 0 Å². The molecule has 0 radical (unpaired) electrons. The van der Waals surface area contributed by atoms with E-state index in [2.05, 4.69) is 25.7 Å². The SMILES string of the molecule is CC(C)COCc1ccc(F)c(C#CCCO)c1. The highest BCUT2D eigenvalue weighted by atomic mass is 19.1. The molecule has 98 valence electrons. The molecule has 0 aliphatic heterocycles. The summed E-state index contributed by atoms with van der Waals surface area (Å²) in [5.41, 5.74) is 1.26. The minimum absolute atomic E-state index is 0.00813. The van der Waals surface area contributed by atoms with E-state index in [1.807, 2.05) is 0 Å². The minimum atomic E-state index is -0.340. The maximum atomic E-state index is 13.4. The van der Waals surface area contributed by atoms with Crippen molar-refractivity contribution >= 4 is 0 Å². The number of halogens is 1. The largest absolute Gasteiger partial charge is 0.395 e. The maximum Gasteiger partial charge on any atom is 0.138 e. The molecule has 0 unspecified atom stereocenters. The number of hydrogen-bond acceptors (Lipinski definition) is 2. The average Bonchev–Trinajstić information content (AvgIpc) is 2.33. The van der Waals surface area contributed by atoms with Crippen LogP contribution in [0, 0.1) is 23.6 Å². The molecule has 3 heteroatoms. The fourth-order valence-electron chi connectivity index (χ4n) is 1.38. The van der Waals surface area contributed by atoms with Crippen LogP contribution < -0.4 is 0 Å². The van der Waals surface area contributed by atoms with Crippen molar-refractivity contribution in [1.82, 2.24) is 0 Å². The molecule has 0 aromatic heterocycles. The molecule has 0 saturated carbocycles. The molecule has 1 aromatic carbocycles. The Labute approximate surface area is 108 Å². The van der Waals surface area contributed by atoms with E-state index in [-0.39, 0.29) is 12.4 Å². The summed E-state index contributed by atoms with van der Waals surface area (Å²) in [6.45, 7) is 5.30. The van der Waals surface area contributed by atoms with Crippen LogP contribution in [-0.2, 0) is 11.3 Å². The third kappa shape index (κ3) is 5.31. The molecule has 1 aromatic rings. The van der Waals surface area contributed by atoms with Crippen molar-refractivity contribution in [3.8, 4) is 11.8 Å². The summed E-state index contributed by atoms with van der Waals surface area (Å²) in [5, 5.41) is 8.62. The Morgan fingerprint density at radius 2 is 2.17 bits per heavy atom. The minimum Gasteiger partial charge on any atom is -0.395 e. The lowest BCUT2D eigenvalue weighted by Crippen LogP contribution is -2.02. The molecule has 0 heterocycles. The Hall–Kier alpha value is -1.37. The highest BCUT2D eigenvalue weighted by molar-refractivity contribution is 5.38. The Morgan fingerprint density at radius 3 is 2.83 bits per heavy atom. The second-order valence-corrected chi connectivity index (χ2v) is 4.50. The van der Waals surface area contributed by atoms with Crippen LogP contribution in [0.2, 0.25) is 0 Å². The normalized spacial score (nSPS) is 10.3. The summed E-state index contributed by atoms with van der Waals surface area (Å²) in [6, 6.07) is 4.80. The molecular weight excluding hydrogens is 231 g/mol. The predicted octanol–water partition coefficient (Wildman–Crippen LogP) is 2.73. The molecule has 0 spiro atoms. The van der Waals surface area contributed by atoms with Crippen LogP contribution in [0.1, 0.15) is 31.4 Å². The number of hydrogen-bond donors (Lipinski definition) is 1. The van der Waals surface area contributed by atoms with Gasteiger partial charge in [0.25, 0.3) is 0 Å². The lowest BCUT2D eigenvalue weighted by molar-refractivity contribution is 0.0970. The van der Waals surface area contributed by atoms with E-state index >= 15 is 0 Å². The molecule has 0 bridgehead atoms. The second-order valence-electron chi connectivity index (χ2n) is 4.50. The van der Waals surface area contributed by atoms with E-state index in [0.717, 1.165) is 5.56 Å². The van der Waals surface area contributed by atoms with Crippen LogP contribution in [0.15, 0.2) is 18.2 Å². The van der Waals surface area contributed by atoms with Gasteiger partial charge < -0.3 is 9.84 Å². The van der Waals surface area contributed by atoms with Gasteiger partial charge in [-0.15, -0.1) is 0 Å². The molecule has 2 nitrogen and oxygen atoms in total. The van der Waals surface area contributed by atoms with E-state index in [0.29, 0.717) is 31.1 Å². The maximum absolute atomic E-state index is 13.4. The van der Waals surface area contributed by atoms with E-state index in [1.165, 1.54) is 6.07 Å². The van der Waals surface area contributed by atoms with Crippen molar-refractivity contribution in [3.63, 3.8) is 0 Å². The topological polar surface area (TPSA) is 29.5 Å². The number of rotatable bonds is 5. The smallest absolute Gasteiger partial charge is 0.138 e. The summed E-state index contributed by atoms with van der Waals surface area (Å²) < 4.78 is 18.9. The van der Waals surface area contributed by atoms with Crippen LogP contribution >= 0.6 is 0 Å². The number of ether oxygens (including phenoxy) is 1. The van der Waals surface area contributed by atoms with E-state index in [4.69, 9.17) is 9.84 Å². The van der Waals surface area contributed by atoms with Gasteiger partial charge >= 0.3 is 0 Å². The van der Waals surface area contributed by atoms with E-state index in [9.17, 15) is 4.39 Å². The lowest BCUT2D eigenvalue weighted by Gasteiger charge is -2.07. The lowest BCUT2D eigenvalue weighted by atomic mass is 10.1. The van der Waals surface area contributed by atoms with Crippen LogP contribution in [0.3, 0.4) is 0 Å². The molecule has 0 aliphatic carbocycles.